The number of alkyl halides is 3. The summed E-state index contributed by atoms with van der Waals surface area (Å²) in [5, 5.41) is 1.01. The van der Waals surface area contributed by atoms with E-state index >= 15 is 0 Å². The van der Waals surface area contributed by atoms with Crippen LogP contribution in [0.4, 0.5) is 13.2 Å². The minimum absolute atomic E-state index is 0.00419. The number of halogens is 3. The number of fused-ring (bicyclic) bond motifs is 1. The molecule has 4 rings (SSSR count). The number of rotatable bonds is 8. The van der Waals surface area contributed by atoms with Gasteiger partial charge in [-0.05, 0) is 72.7 Å². The summed E-state index contributed by atoms with van der Waals surface area (Å²) in [7, 11) is -3.83. The molecule has 0 aliphatic heterocycles. The van der Waals surface area contributed by atoms with Gasteiger partial charge >= 0.3 is 6.18 Å². The van der Waals surface area contributed by atoms with E-state index in [-0.39, 0.29) is 11.5 Å². The van der Waals surface area contributed by atoms with Crippen molar-refractivity contribution in [2.24, 2.45) is 0 Å². The first-order valence-electron chi connectivity index (χ1n) is 10.8. The Kier molecular flexibility index (Phi) is 6.81. The van der Waals surface area contributed by atoms with Gasteiger partial charge in [0.15, 0.2) is 0 Å². The Bertz CT molecular complexity index is 1370. The van der Waals surface area contributed by atoms with E-state index in [0.29, 0.717) is 19.4 Å². The molecule has 0 unspecified atom stereocenters. The quantitative estimate of drug-likeness (QED) is 0.280. The van der Waals surface area contributed by atoms with Crippen molar-refractivity contribution < 1.29 is 25.8 Å². The fourth-order valence-electron chi connectivity index (χ4n) is 3.75. The molecule has 0 aliphatic rings. The maximum atomic E-state index is 12.7. The van der Waals surface area contributed by atoms with Gasteiger partial charge < -0.3 is 4.57 Å². The SMILES string of the molecule is Cc1ccc(S(=O)(=O)OCCn2ccc3ccc(CCc4ccc(C(F)(F)F)cc4)cc32)cc1. The monoisotopic (exact) mass is 487 g/mol. The maximum absolute atomic E-state index is 12.7. The van der Waals surface area contributed by atoms with Gasteiger partial charge in [0.05, 0.1) is 17.1 Å². The standard InChI is InChI=1S/C26H24F3NO3S/c1-19-2-12-24(13-3-19)34(31,32)33-17-16-30-15-14-22-9-6-21(18-25(22)30)5-4-20-7-10-23(11-8-20)26(27,28)29/h2-3,6-15,18H,4-5,16-17H2,1H3. The molecule has 4 aromatic rings. The number of hydrogen-bond donors (Lipinski definition) is 0. The van der Waals surface area contributed by atoms with Crippen LogP contribution in [0.25, 0.3) is 10.9 Å². The highest BCUT2D eigenvalue weighted by Gasteiger charge is 2.29. The fourth-order valence-corrected chi connectivity index (χ4v) is 4.65. The third kappa shape index (κ3) is 5.69. The molecular formula is C26H24F3NO3S. The van der Waals surface area contributed by atoms with E-state index in [1.165, 1.54) is 24.3 Å². The van der Waals surface area contributed by atoms with Crippen LogP contribution in [0, 0.1) is 6.92 Å². The highest BCUT2D eigenvalue weighted by atomic mass is 32.2. The molecule has 0 fully saturated rings. The van der Waals surface area contributed by atoms with E-state index < -0.39 is 21.9 Å². The third-order valence-corrected chi connectivity index (χ3v) is 7.03. The van der Waals surface area contributed by atoms with Crippen molar-refractivity contribution in [3.63, 3.8) is 0 Å². The van der Waals surface area contributed by atoms with Crippen LogP contribution in [-0.2, 0) is 39.9 Å². The lowest BCUT2D eigenvalue weighted by molar-refractivity contribution is -0.137. The summed E-state index contributed by atoms with van der Waals surface area (Å²) in [4.78, 5) is 0.126. The Balaban J connectivity index is 1.39. The molecule has 34 heavy (non-hydrogen) atoms. The molecule has 0 amide bonds. The van der Waals surface area contributed by atoms with Gasteiger partial charge in [0.1, 0.15) is 0 Å². The summed E-state index contributed by atoms with van der Waals surface area (Å²) in [5.41, 5.74) is 3.13. The van der Waals surface area contributed by atoms with Crippen LogP contribution in [0.3, 0.4) is 0 Å². The molecule has 8 heteroatoms. The molecule has 0 radical (unpaired) electrons. The van der Waals surface area contributed by atoms with Gasteiger partial charge in [0, 0.05) is 18.3 Å². The van der Waals surface area contributed by atoms with Gasteiger partial charge in [-0.1, -0.05) is 42.0 Å². The molecule has 1 heterocycles. The molecule has 0 bridgehead atoms. The first-order valence-corrected chi connectivity index (χ1v) is 12.2. The van der Waals surface area contributed by atoms with Crippen molar-refractivity contribution in [2.45, 2.75) is 37.4 Å². The fraction of sp³-hybridized carbons (Fsp3) is 0.231. The summed E-state index contributed by atoms with van der Waals surface area (Å²) >= 11 is 0. The van der Waals surface area contributed by atoms with Gasteiger partial charge in [0.25, 0.3) is 10.1 Å². The zero-order chi connectivity index (χ0) is 24.3. The van der Waals surface area contributed by atoms with Gasteiger partial charge in [-0.2, -0.15) is 21.6 Å². The second-order valence-corrected chi connectivity index (χ2v) is 9.80. The smallest absolute Gasteiger partial charge is 0.345 e. The van der Waals surface area contributed by atoms with E-state index in [1.807, 2.05) is 42.0 Å². The van der Waals surface area contributed by atoms with Crippen molar-refractivity contribution in [1.29, 1.82) is 0 Å². The average Bonchev–Trinajstić information content (AvgIpc) is 3.20. The summed E-state index contributed by atoms with van der Waals surface area (Å²) < 4.78 is 70.1. The molecule has 1 aromatic heterocycles. The summed E-state index contributed by atoms with van der Waals surface area (Å²) in [5.74, 6) is 0. The first kappa shape index (κ1) is 24.0. The Morgan fingerprint density at radius 3 is 2.18 bits per heavy atom. The van der Waals surface area contributed by atoms with Crippen molar-refractivity contribution in [2.75, 3.05) is 6.61 Å². The Morgan fingerprint density at radius 1 is 0.853 bits per heavy atom. The highest BCUT2D eigenvalue weighted by molar-refractivity contribution is 7.86. The Hall–Kier alpha value is -3.10. The van der Waals surface area contributed by atoms with Gasteiger partial charge in [-0.25, -0.2) is 0 Å². The summed E-state index contributed by atoms with van der Waals surface area (Å²) in [6, 6.07) is 19.7. The number of hydrogen-bond acceptors (Lipinski definition) is 3. The number of aryl methyl sites for hydroxylation is 3. The van der Waals surface area contributed by atoms with Crippen LogP contribution in [0.15, 0.2) is 83.9 Å². The van der Waals surface area contributed by atoms with E-state index in [0.717, 1.165) is 39.7 Å². The zero-order valence-electron chi connectivity index (χ0n) is 18.5. The van der Waals surface area contributed by atoms with E-state index in [1.54, 1.807) is 12.1 Å². The Labute approximate surface area is 196 Å². The van der Waals surface area contributed by atoms with Crippen LogP contribution in [0.5, 0.6) is 0 Å². The van der Waals surface area contributed by atoms with Crippen molar-refractivity contribution >= 4 is 21.0 Å². The largest absolute Gasteiger partial charge is 0.416 e. The minimum atomic E-state index is -4.34. The van der Waals surface area contributed by atoms with E-state index in [4.69, 9.17) is 4.18 Å². The lowest BCUT2D eigenvalue weighted by Crippen LogP contribution is -2.12. The van der Waals surface area contributed by atoms with Crippen LogP contribution in [0.2, 0.25) is 0 Å². The molecule has 0 spiro atoms. The van der Waals surface area contributed by atoms with Crippen LogP contribution in [-0.4, -0.2) is 19.6 Å². The molecule has 0 atom stereocenters. The summed E-state index contributed by atoms with van der Waals surface area (Å²) in [6.07, 6.45) is -1.17. The second kappa shape index (κ2) is 9.64. The maximum Gasteiger partial charge on any atom is 0.416 e. The molecular weight excluding hydrogens is 463 g/mol. The van der Waals surface area contributed by atoms with Crippen LogP contribution >= 0.6 is 0 Å². The third-order valence-electron chi connectivity index (χ3n) is 5.70. The van der Waals surface area contributed by atoms with Crippen LogP contribution < -0.4 is 0 Å². The summed E-state index contributed by atoms with van der Waals surface area (Å²) in [6.45, 7) is 2.24. The van der Waals surface area contributed by atoms with Gasteiger partial charge in [0.2, 0.25) is 0 Å². The molecule has 4 nitrogen and oxygen atoms in total. The topological polar surface area (TPSA) is 48.3 Å². The van der Waals surface area contributed by atoms with Gasteiger partial charge in [-0.3, -0.25) is 4.18 Å². The predicted molar refractivity (Wildman–Crippen MR) is 125 cm³/mol. The number of aromatic nitrogens is 1. The molecule has 0 aliphatic carbocycles. The van der Waals surface area contributed by atoms with Crippen LogP contribution in [0.1, 0.15) is 22.3 Å². The minimum Gasteiger partial charge on any atom is -0.345 e. The molecule has 3 aromatic carbocycles. The van der Waals surface area contributed by atoms with Crippen molar-refractivity contribution in [3.8, 4) is 0 Å². The lowest BCUT2D eigenvalue weighted by Gasteiger charge is -2.10. The highest BCUT2D eigenvalue weighted by Crippen LogP contribution is 2.29. The molecule has 178 valence electrons. The first-order chi connectivity index (χ1) is 16.1. The zero-order valence-corrected chi connectivity index (χ0v) is 19.4. The van der Waals surface area contributed by atoms with E-state index in [9.17, 15) is 21.6 Å². The Morgan fingerprint density at radius 2 is 1.50 bits per heavy atom. The predicted octanol–water partition coefficient (Wildman–Crippen LogP) is 6.16. The van der Waals surface area contributed by atoms with E-state index in [2.05, 4.69) is 0 Å². The normalized spacial score (nSPS) is 12.4. The number of benzene rings is 3. The van der Waals surface area contributed by atoms with Crippen molar-refractivity contribution in [3.05, 3.63) is 101 Å². The van der Waals surface area contributed by atoms with Crippen molar-refractivity contribution in [1.82, 2.24) is 4.57 Å². The molecule has 0 saturated heterocycles. The lowest BCUT2D eigenvalue weighted by atomic mass is 10.0. The number of nitrogens with zero attached hydrogens (tertiary/aromatic N) is 1. The molecule has 0 saturated carbocycles. The molecule has 0 N–H and O–H groups in total. The second-order valence-electron chi connectivity index (χ2n) is 8.19. The van der Waals surface area contributed by atoms with Gasteiger partial charge in [-0.15, -0.1) is 0 Å². The average molecular weight is 488 g/mol.